The molecular formula is C37H38O7. The molecule has 1 saturated heterocycles. The van der Waals surface area contributed by atoms with Crippen molar-refractivity contribution >= 4 is 11.0 Å². The predicted octanol–water partition coefficient (Wildman–Crippen LogP) is 8.66. The van der Waals surface area contributed by atoms with Gasteiger partial charge in [-0.3, -0.25) is 0 Å². The zero-order valence-electron chi connectivity index (χ0n) is 25.8. The molecule has 1 aliphatic heterocycles. The van der Waals surface area contributed by atoms with Crippen LogP contribution in [0.4, 0.5) is 0 Å². The van der Waals surface area contributed by atoms with Gasteiger partial charge in [0.25, 0.3) is 0 Å². The Balaban J connectivity index is 1.40. The smallest absolute Gasteiger partial charge is 0.203 e. The lowest BCUT2D eigenvalue weighted by Gasteiger charge is -2.34. The van der Waals surface area contributed by atoms with E-state index in [4.69, 9.17) is 32.8 Å². The van der Waals surface area contributed by atoms with Crippen molar-refractivity contribution in [3.8, 4) is 34.3 Å². The van der Waals surface area contributed by atoms with Gasteiger partial charge in [0.1, 0.15) is 19.0 Å². The Morgan fingerprint density at radius 2 is 1.32 bits per heavy atom. The third-order valence-corrected chi connectivity index (χ3v) is 7.73. The number of aryl methyl sites for hydroxylation is 1. The van der Waals surface area contributed by atoms with Gasteiger partial charge in [-0.25, -0.2) is 0 Å². The summed E-state index contributed by atoms with van der Waals surface area (Å²) >= 11 is 0. The highest BCUT2D eigenvalue weighted by Gasteiger charge is 2.31. The fraction of sp³-hybridized carbons (Fsp3) is 0.297. The summed E-state index contributed by atoms with van der Waals surface area (Å²) < 4.78 is 43.0. The first-order valence-corrected chi connectivity index (χ1v) is 14.8. The van der Waals surface area contributed by atoms with Gasteiger partial charge in [0.2, 0.25) is 5.75 Å². The first-order chi connectivity index (χ1) is 21.3. The number of fused-ring (bicyclic) bond motifs is 1. The summed E-state index contributed by atoms with van der Waals surface area (Å²) in [6.45, 7) is 8.24. The average molecular weight is 595 g/mol. The van der Waals surface area contributed by atoms with Gasteiger partial charge in [0, 0.05) is 27.5 Å². The van der Waals surface area contributed by atoms with Crippen molar-refractivity contribution in [3.05, 3.63) is 107 Å². The fourth-order valence-corrected chi connectivity index (χ4v) is 5.33. The first-order valence-electron chi connectivity index (χ1n) is 14.8. The van der Waals surface area contributed by atoms with Crippen LogP contribution in [0.3, 0.4) is 0 Å². The lowest BCUT2D eigenvalue weighted by Crippen LogP contribution is -2.33. The van der Waals surface area contributed by atoms with Crippen LogP contribution in [0.2, 0.25) is 0 Å². The van der Waals surface area contributed by atoms with E-state index in [1.54, 1.807) is 14.2 Å². The van der Waals surface area contributed by atoms with Gasteiger partial charge in [-0.2, -0.15) is 0 Å². The van der Waals surface area contributed by atoms with Crippen molar-refractivity contribution in [2.24, 2.45) is 5.41 Å². The van der Waals surface area contributed by atoms with Crippen molar-refractivity contribution in [2.45, 2.75) is 40.3 Å². The van der Waals surface area contributed by atoms with Crippen molar-refractivity contribution in [3.63, 3.8) is 0 Å². The van der Waals surface area contributed by atoms with Crippen molar-refractivity contribution in [2.75, 3.05) is 27.4 Å². The Morgan fingerprint density at radius 3 is 1.93 bits per heavy atom. The second-order valence-corrected chi connectivity index (χ2v) is 11.8. The van der Waals surface area contributed by atoms with E-state index in [2.05, 4.69) is 19.9 Å². The molecule has 6 rings (SSSR count). The lowest BCUT2D eigenvalue weighted by molar-refractivity contribution is -0.226. The Bertz CT molecular complexity index is 1710. The fourth-order valence-electron chi connectivity index (χ4n) is 5.33. The van der Waals surface area contributed by atoms with Crippen LogP contribution in [-0.4, -0.2) is 27.4 Å². The second-order valence-electron chi connectivity index (χ2n) is 11.8. The number of rotatable bonds is 10. The van der Waals surface area contributed by atoms with E-state index in [1.807, 2.05) is 85.8 Å². The quantitative estimate of drug-likeness (QED) is 0.160. The van der Waals surface area contributed by atoms with E-state index < -0.39 is 6.29 Å². The standard InChI is InChI=1S/C37H38O7/c1-24-29-16-28(36-42-22-37(2,3)23-43-36)19-30(38-4)34(29)44-33(24)27-17-31(39-5)35(41-21-26-14-10-7-11-15-26)32(18-27)40-20-25-12-8-6-9-13-25/h6-19,36H,20-23H2,1-5H3. The summed E-state index contributed by atoms with van der Waals surface area (Å²) in [5.41, 5.74) is 5.33. The number of methoxy groups -OCH3 is 2. The van der Waals surface area contributed by atoms with Crippen LogP contribution in [0.15, 0.2) is 89.3 Å². The summed E-state index contributed by atoms with van der Waals surface area (Å²) in [5, 5.41) is 0.918. The van der Waals surface area contributed by atoms with Crippen LogP contribution in [-0.2, 0) is 22.7 Å². The van der Waals surface area contributed by atoms with Crippen LogP contribution in [0.5, 0.6) is 23.0 Å². The molecule has 2 heterocycles. The van der Waals surface area contributed by atoms with Crippen molar-refractivity contribution in [1.29, 1.82) is 0 Å². The molecule has 0 saturated carbocycles. The van der Waals surface area contributed by atoms with Gasteiger partial charge in [0.05, 0.1) is 27.4 Å². The highest BCUT2D eigenvalue weighted by atomic mass is 16.7. The van der Waals surface area contributed by atoms with E-state index in [9.17, 15) is 0 Å². The molecule has 0 amide bonds. The molecule has 1 fully saturated rings. The number of ether oxygens (including phenoxy) is 6. The molecule has 1 aromatic heterocycles. The van der Waals surface area contributed by atoms with E-state index in [1.165, 1.54) is 0 Å². The number of hydrogen-bond donors (Lipinski definition) is 0. The van der Waals surface area contributed by atoms with Crippen molar-refractivity contribution < 1.29 is 32.8 Å². The highest BCUT2D eigenvalue weighted by Crippen LogP contribution is 2.46. The molecule has 7 nitrogen and oxygen atoms in total. The van der Waals surface area contributed by atoms with Gasteiger partial charge in [0.15, 0.2) is 29.1 Å². The molecule has 1 aliphatic rings. The van der Waals surface area contributed by atoms with Crippen LogP contribution in [0.1, 0.15) is 42.4 Å². The lowest BCUT2D eigenvalue weighted by atomic mass is 9.95. The molecule has 0 unspecified atom stereocenters. The van der Waals surface area contributed by atoms with E-state index >= 15 is 0 Å². The summed E-state index contributed by atoms with van der Waals surface area (Å²) in [6, 6.07) is 27.9. The number of furan rings is 1. The molecule has 0 spiro atoms. The van der Waals surface area contributed by atoms with Crippen LogP contribution in [0, 0.1) is 12.3 Å². The van der Waals surface area contributed by atoms with Crippen molar-refractivity contribution in [1.82, 2.24) is 0 Å². The summed E-state index contributed by atoms with van der Waals surface area (Å²) in [4.78, 5) is 0. The first kappa shape index (κ1) is 29.6. The maximum atomic E-state index is 6.51. The molecule has 0 bridgehead atoms. The van der Waals surface area contributed by atoms with Gasteiger partial charge in [-0.15, -0.1) is 0 Å². The van der Waals surface area contributed by atoms with Gasteiger partial charge in [-0.05, 0) is 42.3 Å². The van der Waals surface area contributed by atoms with Crippen LogP contribution >= 0.6 is 0 Å². The topological polar surface area (TPSA) is 68.5 Å². The van der Waals surface area contributed by atoms with Crippen LogP contribution < -0.4 is 18.9 Å². The molecule has 44 heavy (non-hydrogen) atoms. The maximum Gasteiger partial charge on any atom is 0.203 e. The molecule has 7 heteroatoms. The molecule has 0 radical (unpaired) electrons. The molecule has 0 atom stereocenters. The highest BCUT2D eigenvalue weighted by molar-refractivity contribution is 5.92. The summed E-state index contributed by atoms with van der Waals surface area (Å²) in [6.07, 6.45) is -0.474. The number of benzene rings is 4. The van der Waals surface area contributed by atoms with E-state index in [0.717, 1.165) is 33.2 Å². The van der Waals surface area contributed by atoms with E-state index in [0.29, 0.717) is 60.8 Å². The third-order valence-electron chi connectivity index (χ3n) is 7.73. The number of hydrogen-bond acceptors (Lipinski definition) is 7. The molecular weight excluding hydrogens is 556 g/mol. The minimum absolute atomic E-state index is 0.0280. The zero-order chi connectivity index (χ0) is 30.7. The summed E-state index contributed by atoms with van der Waals surface area (Å²) in [5.74, 6) is 2.91. The van der Waals surface area contributed by atoms with Gasteiger partial charge in [-0.1, -0.05) is 74.5 Å². The monoisotopic (exact) mass is 594 g/mol. The average Bonchev–Trinajstić information content (AvgIpc) is 3.39. The van der Waals surface area contributed by atoms with E-state index in [-0.39, 0.29) is 5.41 Å². The normalized spacial score (nSPS) is 14.8. The molecule has 0 N–H and O–H groups in total. The SMILES string of the molecule is COc1cc(-c2oc3c(OC)cc(C4OCC(C)(C)CO4)cc3c2C)cc(OCc2ccccc2)c1OCc1ccccc1. The van der Waals surface area contributed by atoms with Gasteiger partial charge >= 0.3 is 0 Å². The zero-order valence-corrected chi connectivity index (χ0v) is 25.8. The Morgan fingerprint density at radius 1 is 0.727 bits per heavy atom. The predicted molar refractivity (Wildman–Crippen MR) is 169 cm³/mol. The maximum absolute atomic E-state index is 6.51. The second kappa shape index (κ2) is 12.6. The molecule has 4 aromatic carbocycles. The molecule has 0 aliphatic carbocycles. The Hall–Kier alpha value is -4.46. The molecule has 228 valence electrons. The van der Waals surface area contributed by atoms with Gasteiger partial charge < -0.3 is 32.8 Å². The molecule has 5 aromatic rings. The summed E-state index contributed by atoms with van der Waals surface area (Å²) in [7, 11) is 3.26. The largest absolute Gasteiger partial charge is 0.493 e. The third kappa shape index (κ3) is 6.25. The Kier molecular flexibility index (Phi) is 8.51. The minimum Gasteiger partial charge on any atom is -0.493 e. The Labute approximate surface area is 258 Å². The van der Waals surface area contributed by atoms with Crippen LogP contribution in [0.25, 0.3) is 22.3 Å². The minimum atomic E-state index is -0.474.